The van der Waals surface area contributed by atoms with E-state index in [4.69, 9.17) is 14.2 Å². The maximum Gasteiger partial charge on any atom is 0.306 e. The van der Waals surface area contributed by atoms with Crippen LogP contribution in [0, 0.1) is 0 Å². The molecule has 6 nitrogen and oxygen atoms in total. The molecule has 0 aliphatic heterocycles. The van der Waals surface area contributed by atoms with Crippen molar-refractivity contribution in [1.29, 1.82) is 0 Å². The molecule has 0 heterocycles. The van der Waals surface area contributed by atoms with Crippen LogP contribution in [0.1, 0.15) is 432 Å². The van der Waals surface area contributed by atoms with Crippen LogP contribution in [0.15, 0.2) is 24.3 Å². The van der Waals surface area contributed by atoms with E-state index in [1.54, 1.807) is 0 Å². The fourth-order valence-electron chi connectivity index (χ4n) is 11.8. The van der Waals surface area contributed by atoms with Gasteiger partial charge in [-0.2, -0.15) is 0 Å². The molecule has 490 valence electrons. The molecule has 0 bridgehead atoms. The molecule has 0 aromatic carbocycles. The third-order valence-corrected chi connectivity index (χ3v) is 17.5. The SMILES string of the molecule is CCCCC/C=C\C/C=C\CCCCCCCCCCCC(=O)OC(COC(=O)CCCCCCCCCCCCCCC)COC(=O)CCCCCCCCCCCCCCCCCCCCCCCCCCCCCCCCCCC. The van der Waals surface area contributed by atoms with E-state index >= 15 is 0 Å². The zero-order valence-electron chi connectivity index (χ0n) is 56.5. The van der Waals surface area contributed by atoms with Crippen LogP contribution < -0.4 is 0 Å². The quantitative estimate of drug-likeness (QED) is 0.0261. The Morgan fingerprint density at radius 3 is 0.687 bits per heavy atom. The minimum absolute atomic E-state index is 0.0664. The summed E-state index contributed by atoms with van der Waals surface area (Å²) in [6.45, 7) is 6.70. The van der Waals surface area contributed by atoms with Gasteiger partial charge in [0.25, 0.3) is 0 Å². The number of rotatable bonds is 71. The fraction of sp³-hybridized carbons (Fsp3) is 0.909. The van der Waals surface area contributed by atoms with Gasteiger partial charge in [-0.1, -0.05) is 385 Å². The van der Waals surface area contributed by atoms with Gasteiger partial charge in [0.05, 0.1) is 0 Å². The highest BCUT2D eigenvalue weighted by atomic mass is 16.6. The van der Waals surface area contributed by atoms with Crippen LogP contribution in [0.5, 0.6) is 0 Å². The topological polar surface area (TPSA) is 78.9 Å². The lowest BCUT2D eigenvalue weighted by Crippen LogP contribution is -2.30. The Hall–Kier alpha value is -2.11. The van der Waals surface area contributed by atoms with E-state index in [2.05, 4.69) is 45.1 Å². The average Bonchev–Trinajstić information content (AvgIpc) is 3.49. The number of carbonyl (C=O) groups excluding carboxylic acids is 3. The van der Waals surface area contributed by atoms with Crippen molar-refractivity contribution in [2.45, 2.75) is 438 Å². The van der Waals surface area contributed by atoms with Crippen LogP contribution in [0.4, 0.5) is 0 Å². The second-order valence-electron chi connectivity index (χ2n) is 25.9. The summed E-state index contributed by atoms with van der Waals surface area (Å²) in [7, 11) is 0. The zero-order chi connectivity index (χ0) is 59.9. The van der Waals surface area contributed by atoms with Crippen molar-refractivity contribution in [2.75, 3.05) is 13.2 Å². The van der Waals surface area contributed by atoms with Crippen molar-refractivity contribution >= 4 is 17.9 Å². The Kier molecular flexibility index (Phi) is 70.5. The summed E-state index contributed by atoms with van der Waals surface area (Å²) in [5.74, 6) is -0.837. The van der Waals surface area contributed by atoms with Gasteiger partial charge >= 0.3 is 17.9 Å². The summed E-state index contributed by atoms with van der Waals surface area (Å²) in [5, 5.41) is 0. The highest BCUT2D eigenvalue weighted by molar-refractivity contribution is 5.71. The van der Waals surface area contributed by atoms with E-state index < -0.39 is 6.10 Å². The van der Waals surface area contributed by atoms with Crippen LogP contribution >= 0.6 is 0 Å². The molecule has 83 heavy (non-hydrogen) atoms. The maximum atomic E-state index is 12.9. The molecule has 1 atom stereocenters. The van der Waals surface area contributed by atoms with E-state index in [0.29, 0.717) is 19.3 Å². The van der Waals surface area contributed by atoms with Crippen molar-refractivity contribution in [3.63, 3.8) is 0 Å². The summed E-state index contributed by atoms with van der Waals surface area (Å²) in [6.07, 6.45) is 89.5. The Balaban J connectivity index is 4.10. The molecule has 0 rings (SSSR count). The molecule has 0 aromatic heterocycles. The first-order valence-corrected chi connectivity index (χ1v) is 37.8. The Bertz CT molecular complexity index is 1340. The van der Waals surface area contributed by atoms with E-state index in [9.17, 15) is 14.4 Å². The first kappa shape index (κ1) is 80.9. The number of unbranched alkanes of at least 4 members (excludes halogenated alkanes) is 56. The van der Waals surface area contributed by atoms with Crippen LogP contribution in [-0.4, -0.2) is 37.2 Å². The smallest absolute Gasteiger partial charge is 0.306 e. The molecule has 0 radical (unpaired) electrons. The molecule has 0 amide bonds. The molecule has 0 fully saturated rings. The largest absolute Gasteiger partial charge is 0.462 e. The van der Waals surface area contributed by atoms with E-state index in [0.717, 1.165) is 64.2 Å². The molecule has 0 spiro atoms. The zero-order valence-corrected chi connectivity index (χ0v) is 56.5. The monoisotopic (exact) mass is 1170 g/mol. The first-order chi connectivity index (χ1) is 41.0. The molecule has 0 N–H and O–H groups in total. The van der Waals surface area contributed by atoms with Gasteiger partial charge in [-0.05, 0) is 51.4 Å². The number of esters is 3. The predicted molar refractivity (Wildman–Crippen MR) is 363 cm³/mol. The third-order valence-electron chi connectivity index (χ3n) is 17.5. The Morgan fingerprint density at radius 2 is 0.434 bits per heavy atom. The first-order valence-electron chi connectivity index (χ1n) is 37.8. The lowest BCUT2D eigenvalue weighted by molar-refractivity contribution is -0.167. The number of hydrogen-bond donors (Lipinski definition) is 0. The van der Waals surface area contributed by atoms with Gasteiger partial charge in [0.2, 0.25) is 0 Å². The lowest BCUT2D eigenvalue weighted by Gasteiger charge is -2.18. The molecular formula is C77H146O6. The fourth-order valence-corrected chi connectivity index (χ4v) is 11.8. The van der Waals surface area contributed by atoms with Crippen molar-refractivity contribution in [2.24, 2.45) is 0 Å². The van der Waals surface area contributed by atoms with Crippen LogP contribution in [0.3, 0.4) is 0 Å². The van der Waals surface area contributed by atoms with E-state index in [1.165, 1.54) is 327 Å². The standard InChI is InChI=1S/C77H146O6/c1-4-7-10-13-16-19-22-25-27-29-31-32-33-34-35-36-37-38-39-40-41-42-43-44-46-47-49-52-55-58-61-64-67-70-76(79)82-73-74(72-81-75(78)69-66-63-60-57-54-51-24-21-18-15-12-9-6-3)83-77(80)71-68-65-62-59-56-53-50-48-45-30-28-26-23-20-17-14-11-8-5-2/h17,20,26,28,74H,4-16,18-19,21-25,27,29-73H2,1-3H3/b20-17-,28-26-. The summed E-state index contributed by atoms with van der Waals surface area (Å²) in [4.78, 5) is 38.4. The molecule has 6 heteroatoms. The van der Waals surface area contributed by atoms with Gasteiger partial charge < -0.3 is 14.2 Å². The Morgan fingerprint density at radius 1 is 0.241 bits per heavy atom. The number of hydrogen-bond acceptors (Lipinski definition) is 6. The predicted octanol–water partition coefficient (Wildman–Crippen LogP) is 26.1. The molecule has 0 aromatic rings. The highest BCUT2D eigenvalue weighted by Gasteiger charge is 2.20. The van der Waals surface area contributed by atoms with Gasteiger partial charge in [-0.25, -0.2) is 0 Å². The molecule has 0 aliphatic rings. The lowest BCUT2D eigenvalue weighted by atomic mass is 10.0. The Labute approximate surface area is 519 Å². The van der Waals surface area contributed by atoms with Gasteiger partial charge in [0, 0.05) is 19.3 Å². The number of ether oxygens (including phenoxy) is 3. The van der Waals surface area contributed by atoms with Gasteiger partial charge in [0.1, 0.15) is 13.2 Å². The van der Waals surface area contributed by atoms with E-state index in [1.807, 2.05) is 0 Å². The minimum atomic E-state index is -0.771. The van der Waals surface area contributed by atoms with Crippen molar-refractivity contribution in [1.82, 2.24) is 0 Å². The maximum absolute atomic E-state index is 12.9. The minimum Gasteiger partial charge on any atom is -0.462 e. The second-order valence-corrected chi connectivity index (χ2v) is 25.9. The van der Waals surface area contributed by atoms with Crippen molar-refractivity contribution in [3.8, 4) is 0 Å². The summed E-state index contributed by atoms with van der Waals surface area (Å²) >= 11 is 0. The van der Waals surface area contributed by atoms with Gasteiger partial charge in [-0.15, -0.1) is 0 Å². The number of allylic oxidation sites excluding steroid dienone is 4. The molecule has 0 saturated heterocycles. The van der Waals surface area contributed by atoms with Crippen LogP contribution in [0.25, 0.3) is 0 Å². The summed E-state index contributed by atoms with van der Waals surface area (Å²) in [6, 6.07) is 0. The molecular weight excluding hydrogens is 1020 g/mol. The van der Waals surface area contributed by atoms with Crippen molar-refractivity contribution < 1.29 is 28.6 Å². The average molecular weight is 1170 g/mol. The van der Waals surface area contributed by atoms with Gasteiger partial charge in [-0.3, -0.25) is 14.4 Å². The highest BCUT2D eigenvalue weighted by Crippen LogP contribution is 2.20. The van der Waals surface area contributed by atoms with Crippen LogP contribution in [-0.2, 0) is 28.6 Å². The van der Waals surface area contributed by atoms with Crippen LogP contribution in [0.2, 0.25) is 0 Å². The summed E-state index contributed by atoms with van der Waals surface area (Å²) in [5.41, 5.74) is 0. The number of carbonyl (C=O) groups is 3. The van der Waals surface area contributed by atoms with Gasteiger partial charge in [0.15, 0.2) is 6.10 Å². The van der Waals surface area contributed by atoms with Crippen molar-refractivity contribution in [3.05, 3.63) is 24.3 Å². The normalized spacial score (nSPS) is 12.1. The summed E-state index contributed by atoms with van der Waals surface area (Å²) < 4.78 is 17.0. The van der Waals surface area contributed by atoms with E-state index in [-0.39, 0.29) is 31.1 Å². The molecule has 1 unspecified atom stereocenters. The molecule has 0 aliphatic carbocycles. The second kappa shape index (κ2) is 72.4. The molecule has 0 saturated carbocycles. The third kappa shape index (κ3) is 70.5.